The Balaban J connectivity index is 1.97. The Bertz CT molecular complexity index is 836. The molecule has 27 heavy (non-hydrogen) atoms. The second-order valence-corrected chi connectivity index (χ2v) is 8.24. The van der Waals surface area contributed by atoms with Crippen LogP contribution in [0.4, 0.5) is 0 Å². The van der Waals surface area contributed by atoms with E-state index in [-0.39, 0.29) is 29.4 Å². The molecule has 0 saturated heterocycles. The topological polar surface area (TPSA) is 84.5 Å². The van der Waals surface area contributed by atoms with E-state index in [1.165, 1.54) is 31.4 Å². The highest BCUT2D eigenvalue weighted by Gasteiger charge is 2.18. The van der Waals surface area contributed by atoms with E-state index in [1.807, 2.05) is 37.3 Å². The Morgan fingerprint density at radius 1 is 1.04 bits per heavy atom. The standard InChI is InChI=1S/C20H26N2O4S/c1-15(17-7-5-4-6-8-17)13-21-20(23)18-9-11-19(12-10-18)27(24,25)22-16(2)14-26-3/h4-12,15-16,22H,13-14H2,1-3H3,(H,21,23)/t15-,16+/m0/s1. The maximum Gasteiger partial charge on any atom is 0.251 e. The normalized spacial score (nSPS) is 13.7. The van der Waals surface area contributed by atoms with Gasteiger partial charge in [0, 0.05) is 25.3 Å². The van der Waals surface area contributed by atoms with Crippen molar-refractivity contribution >= 4 is 15.9 Å². The van der Waals surface area contributed by atoms with Gasteiger partial charge in [0.05, 0.1) is 11.5 Å². The molecule has 0 aromatic heterocycles. The smallest absolute Gasteiger partial charge is 0.251 e. The predicted octanol–water partition coefficient (Wildman–Crippen LogP) is 2.53. The Kier molecular flexibility index (Phi) is 7.53. The summed E-state index contributed by atoms with van der Waals surface area (Å²) in [6.45, 7) is 4.53. The van der Waals surface area contributed by atoms with E-state index in [0.717, 1.165) is 5.56 Å². The summed E-state index contributed by atoms with van der Waals surface area (Å²) in [5.41, 5.74) is 1.56. The first-order valence-corrected chi connectivity index (χ1v) is 10.3. The summed E-state index contributed by atoms with van der Waals surface area (Å²) in [4.78, 5) is 12.4. The molecular formula is C20H26N2O4S. The molecule has 0 fully saturated rings. The minimum atomic E-state index is -3.65. The van der Waals surface area contributed by atoms with Gasteiger partial charge in [0.25, 0.3) is 5.91 Å². The lowest BCUT2D eigenvalue weighted by molar-refractivity contribution is 0.0951. The Morgan fingerprint density at radius 2 is 1.67 bits per heavy atom. The lowest BCUT2D eigenvalue weighted by Gasteiger charge is -2.14. The summed E-state index contributed by atoms with van der Waals surface area (Å²) < 4.78 is 32.1. The molecule has 2 rings (SSSR count). The first-order chi connectivity index (χ1) is 12.8. The first-order valence-electron chi connectivity index (χ1n) is 8.78. The fraction of sp³-hybridized carbons (Fsp3) is 0.350. The molecule has 146 valence electrons. The molecule has 2 atom stereocenters. The molecule has 2 aromatic rings. The monoisotopic (exact) mass is 390 g/mol. The lowest BCUT2D eigenvalue weighted by atomic mass is 10.0. The van der Waals surface area contributed by atoms with Gasteiger partial charge in [-0.2, -0.15) is 0 Å². The van der Waals surface area contributed by atoms with Crippen molar-refractivity contribution in [1.82, 2.24) is 10.0 Å². The molecule has 2 N–H and O–H groups in total. The largest absolute Gasteiger partial charge is 0.383 e. The number of nitrogens with one attached hydrogen (secondary N) is 2. The summed E-state index contributed by atoms with van der Waals surface area (Å²) in [6.07, 6.45) is 0. The summed E-state index contributed by atoms with van der Waals surface area (Å²) in [6, 6.07) is 15.5. The van der Waals surface area contributed by atoms with Crippen molar-refractivity contribution in [2.45, 2.75) is 30.7 Å². The zero-order valence-corrected chi connectivity index (χ0v) is 16.6. The van der Waals surface area contributed by atoms with E-state index in [1.54, 1.807) is 6.92 Å². The van der Waals surface area contributed by atoms with E-state index >= 15 is 0 Å². The highest BCUT2D eigenvalue weighted by atomic mass is 32.2. The molecule has 6 nitrogen and oxygen atoms in total. The molecule has 0 unspecified atom stereocenters. The van der Waals surface area contributed by atoms with Crippen molar-refractivity contribution < 1.29 is 17.9 Å². The Hall–Kier alpha value is -2.22. The molecule has 0 heterocycles. The zero-order chi connectivity index (χ0) is 19.9. The third-order valence-electron chi connectivity index (χ3n) is 4.14. The lowest BCUT2D eigenvalue weighted by Crippen LogP contribution is -2.35. The summed E-state index contributed by atoms with van der Waals surface area (Å²) in [5, 5.41) is 2.88. The van der Waals surface area contributed by atoms with E-state index in [2.05, 4.69) is 10.0 Å². The highest BCUT2D eigenvalue weighted by Crippen LogP contribution is 2.14. The average Bonchev–Trinajstić information content (AvgIpc) is 2.66. The number of methoxy groups -OCH3 is 1. The number of benzene rings is 2. The van der Waals surface area contributed by atoms with Crippen molar-refractivity contribution in [1.29, 1.82) is 0 Å². The van der Waals surface area contributed by atoms with Gasteiger partial charge in [-0.1, -0.05) is 37.3 Å². The molecular weight excluding hydrogens is 364 g/mol. The number of amides is 1. The molecule has 0 aliphatic rings. The van der Waals surface area contributed by atoms with Crippen molar-refractivity contribution in [3.8, 4) is 0 Å². The summed E-state index contributed by atoms with van der Waals surface area (Å²) >= 11 is 0. The number of ether oxygens (including phenoxy) is 1. The number of hydrogen-bond acceptors (Lipinski definition) is 4. The van der Waals surface area contributed by atoms with Crippen molar-refractivity contribution in [3.63, 3.8) is 0 Å². The number of carbonyl (C=O) groups is 1. The molecule has 0 aliphatic heterocycles. The maximum atomic E-state index is 12.3. The van der Waals surface area contributed by atoms with Gasteiger partial charge in [-0.25, -0.2) is 13.1 Å². The fourth-order valence-corrected chi connectivity index (χ4v) is 3.88. The van der Waals surface area contributed by atoms with Gasteiger partial charge in [0.1, 0.15) is 0 Å². The average molecular weight is 391 g/mol. The number of sulfonamides is 1. The molecule has 0 spiro atoms. The van der Waals surface area contributed by atoms with E-state index in [4.69, 9.17) is 4.74 Å². The van der Waals surface area contributed by atoms with Crippen LogP contribution in [0.2, 0.25) is 0 Å². The van der Waals surface area contributed by atoms with Crippen LogP contribution in [0.15, 0.2) is 59.5 Å². The summed E-state index contributed by atoms with van der Waals surface area (Å²) in [5.74, 6) is -0.0521. The van der Waals surface area contributed by atoms with Crippen LogP contribution < -0.4 is 10.0 Å². The second-order valence-electron chi connectivity index (χ2n) is 6.52. The SMILES string of the molecule is COC[C@@H](C)NS(=O)(=O)c1ccc(C(=O)NC[C@H](C)c2ccccc2)cc1. The van der Waals surface area contributed by atoms with Gasteiger partial charge in [-0.05, 0) is 42.7 Å². The van der Waals surface area contributed by atoms with Crippen LogP contribution in [-0.4, -0.2) is 40.6 Å². The third-order valence-corrected chi connectivity index (χ3v) is 5.74. The van der Waals surface area contributed by atoms with Crippen LogP contribution in [0, 0.1) is 0 Å². The van der Waals surface area contributed by atoms with E-state index in [9.17, 15) is 13.2 Å². The second kappa shape index (κ2) is 9.64. The third kappa shape index (κ3) is 6.16. The maximum absolute atomic E-state index is 12.3. The highest BCUT2D eigenvalue weighted by molar-refractivity contribution is 7.89. The fourth-order valence-electron chi connectivity index (χ4n) is 2.65. The van der Waals surface area contributed by atoms with Crippen LogP contribution >= 0.6 is 0 Å². The first kappa shape index (κ1) is 21.1. The van der Waals surface area contributed by atoms with Crippen LogP contribution in [0.1, 0.15) is 35.7 Å². The Morgan fingerprint density at radius 3 is 2.26 bits per heavy atom. The number of hydrogen-bond donors (Lipinski definition) is 2. The van der Waals surface area contributed by atoms with Crippen LogP contribution in [0.3, 0.4) is 0 Å². The van der Waals surface area contributed by atoms with E-state index in [0.29, 0.717) is 12.1 Å². The molecule has 0 bridgehead atoms. The molecule has 7 heteroatoms. The molecule has 0 radical (unpaired) electrons. The van der Waals surface area contributed by atoms with Crippen molar-refractivity contribution in [2.24, 2.45) is 0 Å². The molecule has 0 aliphatic carbocycles. The summed E-state index contributed by atoms with van der Waals surface area (Å²) in [7, 11) is -2.14. The Labute approximate surface area is 161 Å². The van der Waals surface area contributed by atoms with Gasteiger partial charge >= 0.3 is 0 Å². The minimum Gasteiger partial charge on any atom is -0.383 e. The number of rotatable bonds is 9. The van der Waals surface area contributed by atoms with Gasteiger partial charge in [-0.3, -0.25) is 4.79 Å². The number of carbonyl (C=O) groups excluding carboxylic acids is 1. The van der Waals surface area contributed by atoms with Gasteiger partial charge in [0.2, 0.25) is 10.0 Å². The van der Waals surface area contributed by atoms with Crippen LogP contribution in [0.25, 0.3) is 0 Å². The molecule has 1 amide bonds. The predicted molar refractivity (Wildman–Crippen MR) is 105 cm³/mol. The van der Waals surface area contributed by atoms with Crippen molar-refractivity contribution in [2.75, 3.05) is 20.3 Å². The van der Waals surface area contributed by atoms with Gasteiger partial charge < -0.3 is 10.1 Å². The van der Waals surface area contributed by atoms with Gasteiger partial charge in [-0.15, -0.1) is 0 Å². The molecule has 2 aromatic carbocycles. The van der Waals surface area contributed by atoms with Crippen LogP contribution in [0.5, 0.6) is 0 Å². The molecule has 0 saturated carbocycles. The van der Waals surface area contributed by atoms with Gasteiger partial charge in [0.15, 0.2) is 0 Å². The van der Waals surface area contributed by atoms with E-state index < -0.39 is 10.0 Å². The van der Waals surface area contributed by atoms with Crippen molar-refractivity contribution in [3.05, 3.63) is 65.7 Å². The van der Waals surface area contributed by atoms with Crippen LogP contribution in [-0.2, 0) is 14.8 Å². The quantitative estimate of drug-likeness (QED) is 0.689. The zero-order valence-electron chi connectivity index (χ0n) is 15.8. The minimum absolute atomic E-state index is 0.111.